The van der Waals surface area contributed by atoms with E-state index in [4.69, 9.17) is 0 Å². The van der Waals surface area contributed by atoms with Crippen LogP contribution in [-0.4, -0.2) is 24.2 Å². The molecule has 1 aromatic rings. The summed E-state index contributed by atoms with van der Waals surface area (Å²) in [5.41, 5.74) is 1.26. The molecule has 3 nitrogen and oxygen atoms in total. The van der Waals surface area contributed by atoms with Gasteiger partial charge in [-0.3, -0.25) is 4.79 Å². The Balaban J connectivity index is 1.88. The first-order chi connectivity index (χ1) is 10.5. The van der Waals surface area contributed by atoms with Gasteiger partial charge in [0.05, 0.1) is 6.42 Å². The fraction of sp³-hybridized carbons (Fsp3) is 0.632. The van der Waals surface area contributed by atoms with Gasteiger partial charge in [-0.05, 0) is 55.0 Å². The molecule has 1 saturated carbocycles. The molecule has 1 aromatic carbocycles. The summed E-state index contributed by atoms with van der Waals surface area (Å²) < 4.78 is 0. The number of hydrogen-bond donors (Lipinski definition) is 2. The second-order valence-corrected chi connectivity index (χ2v) is 7.34. The van der Waals surface area contributed by atoms with Gasteiger partial charge in [-0.1, -0.05) is 44.2 Å². The van der Waals surface area contributed by atoms with Crippen LogP contribution in [0, 0.1) is 17.3 Å². The molecule has 1 unspecified atom stereocenters. The van der Waals surface area contributed by atoms with Crippen molar-refractivity contribution in [1.29, 1.82) is 0 Å². The van der Waals surface area contributed by atoms with Crippen molar-refractivity contribution in [3.63, 3.8) is 0 Å². The van der Waals surface area contributed by atoms with Crippen LogP contribution in [0.3, 0.4) is 0 Å². The lowest BCUT2D eigenvalue weighted by atomic mass is 9.64. The van der Waals surface area contributed by atoms with Gasteiger partial charge in [0.2, 0.25) is 0 Å². The maximum Gasteiger partial charge on any atom is 0.303 e. The molecule has 0 heterocycles. The molecular weight excluding hydrogens is 274 g/mol. The molecule has 0 spiro atoms. The summed E-state index contributed by atoms with van der Waals surface area (Å²) in [6.07, 6.45) is 4.57. The SMILES string of the molecule is C[C@@H]1C[C@H](C)CC(CNCCc2ccccc2)(CC(=O)O)C1. The second-order valence-electron chi connectivity index (χ2n) is 7.34. The summed E-state index contributed by atoms with van der Waals surface area (Å²) >= 11 is 0. The first-order valence-corrected chi connectivity index (χ1v) is 8.45. The summed E-state index contributed by atoms with van der Waals surface area (Å²) in [5.74, 6) is 0.587. The van der Waals surface area contributed by atoms with Gasteiger partial charge in [0.25, 0.3) is 0 Å². The Bertz CT molecular complexity index is 462. The topological polar surface area (TPSA) is 49.3 Å². The van der Waals surface area contributed by atoms with E-state index in [1.165, 1.54) is 12.0 Å². The zero-order valence-electron chi connectivity index (χ0n) is 13.8. The number of aliphatic carboxylic acids is 1. The molecule has 3 heteroatoms. The minimum atomic E-state index is -0.661. The van der Waals surface area contributed by atoms with Crippen molar-refractivity contribution in [2.45, 2.75) is 46.0 Å². The van der Waals surface area contributed by atoms with Crippen LogP contribution in [0.2, 0.25) is 0 Å². The minimum Gasteiger partial charge on any atom is -0.481 e. The third kappa shape index (κ3) is 5.13. The Kier molecular flexibility index (Phi) is 6.01. The molecule has 0 aromatic heterocycles. The molecule has 0 amide bonds. The highest BCUT2D eigenvalue weighted by molar-refractivity contribution is 5.67. The fourth-order valence-electron chi connectivity index (χ4n) is 4.32. The number of rotatable bonds is 7. The van der Waals surface area contributed by atoms with Crippen LogP contribution in [0.25, 0.3) is 0 Å². The van der Waals surface area contributed by atoms with Crippen LogP contribution in [0.4, 0.5) is 0 Å². The zero-order valence-corrected chi connectivity index (χ0v) is 13.8. The standard InChI is InChI=1S/C19H29NO2/c1-15-10-16(2)12-19(11-15,13-18(21)22)14-20-9-8-17-6-4-3-5-7-17/h3-7,15-16,20H,8-14H2,1-2H3,(H,21,22)/t15-,16+,19?. The highest BCUT2D eigenvalue weighted by atomic mass is 16.4. The van der Waals surface area contributed by atoms with Gasteiger partial charge in [-0.15, -0.1) is 0 Å². The van der Waals surface area contributed by atoms with Crippen LogP contribution < -0.4 is 5.32 Å². The van der Waals surface area contributed by atoms with E-state index >= 15 is 0 Å². The number of carboxylic acid groups (broad SMARTS) is 1. The van der Waals surface area contributed by atoms with Crippen LogP contribution >= 0.6 is 0 Å². The maximum absolute atomic E-state index is 11.3. The Morgan fingerprint density at radius 1 is 1.23 bits per heavy atom. The maximum atomic E-state index is 11.3. The fourth-order valence-corrected chi connectivity index (χ4v) is 4.32. The van der Waals surface area contributed by atoms with E-state index < -0.39 is 5.97 Å². The predicted molar refractivity (Wildman–Crippen MR) is 89.9 cm³/mol. The van der Waals surface area contributed by atoms with Crippen molar-refractivity contribution in [3.8, 4) is 0 Å². The average Bonchev–Trinajstić information content (AvgIpc) is 2.43. The normalized spacial score (nSPS) is 28.5. The van der Waals surface area contributed by atoms with Crippen molar-refractivity contribution in [3.05, 3.63) is 35.9 Å². The lowest BCUT2D eigenvalue weighted by Gasteiger charge is -2.42. The van der Waals surface area contributed by atoms with Gasteiger partial charge in [-0.25, -0.2) is 0 Å². The molecule has 22 heavy (non-hydrogen) atoms. The molecule has 1 fully saturated rings. The van der Waals surface area contributed by atoms with Crippen LogP contribution in [0.1, 0.15) is 45.1 Å². The van der Waals surface area contributed by atoms with Crippen molar-refractivity contribution < 1.29 is 9.90 Å². The number of benzene rings is 1. The third-order valence-corrected chi connectivity index (χ3v) is 4.83. The summed E-state index contributed by atoms with van der Waals surface area (Å²) in [6.45, 7) is 6.25. The van der Waals surface area contributed by atoms with E-state index in [-0.39, 0.29) is 5.41 Å². The highest BCUT2D eigenvalue weighted by Crippen LogP contribution is 2.44. The lowest BCUT2D eigenvalue weighted by Crippen LogP contribution is -2.42. The van der Waals surface area contributed by atoms with Crippen LogP contribution in [0.5, 0.6) is 0 Å². The molecule has 0 bridgehead atoms. The van der Waals surface area contributed by atoms with Crippen molar-refractivity contribution in [2.24, 2.45) is 17.3 Å². The smallest absolute Gasteiger partial charge is 0.303 e. The zero-order chi connectivity index (χ0) is 16.0. The number of carbonyl (C=O) groups is 1. The summed E-state index contributed by atoms with van der Waals surface area (Å²) in [6, 6.07) is 10.4. The highest BCUT2D eigenvalue weighted by Gasteiger charge is 2.39. The molecule has 0 saturated heterocycles. The molecule has 122 valence electrons. The molecule has 2 rings (SSSR count). The van der Waals surface area contributed by atoms with Gasteiger partial charge >= 0.3 is 5.97 Å². The Morgan fingerprint density at radius 2 is 1.86 bits per heavy atom. The van der Waals surface area contributed by atoms with Gasteiger partial charge in [-0.2, -0.15) is 0 Å². The molecule has 2 N–H and O–H groups in total. The second kappa shape index (κ2) is 7.77. The Labute approximate surface area is 134 Å². The first kappa shape index (κ1) is 17.0. The lowest BCUT2D eigenvalue weighted by molar-refractivity contribution is -0.140. The number of nitrogens with one attached hydrogen (secondary N) is 1. The predicted octanol–water partition coefficient (Wildman–Crippen LogP) is 3.74. The van der Waals surface area contributed by atoms with Crippen molar-refractivity contribution in [1.82, 2.24) is 5.32 Å². The number of hydrogen-bond acceptors (Lipinski definition) is 2. The molecule has 3 atom stereocenters. The molecule has 0 radical (unpaired) electrons. The first-order valence-electron chi connectivity index (χ1n) is 8.45. The number of carboxylic acids is 1. The van der Waals surface area contributed by atoms with Gasteiger partial charge in [0, 0.05) is 6.54 Å². The van der Waals surface area contributed by atoms with Crippen molar-refractivity contribution in [2.75, 3.05) is 13.1 Å². The largest absolute Gasteiger partial charge is 0.481 e. The minimum absolute atomic E-state index is 0.0698. The van der Waals surface area contributed by atoms with E-state index in [1.54, 1.807) is 0 Å². The summed E-state index contributed by atoms with van der Waals surface area (Å²) in [7, 11) is 0. The molecule has 0 aliphatic heterocycles. The van der Waals surface area contributed by atoms with E-state index in [1.807, 2.05) is 6.07 Å². The van der Waals surface area contributed by atoms with E-state index in [9.17, 15) is 9.90 Å². The van der Waals surface area contributed by atoms with E-state index in [2.05, 4.69) is 43.4 Å². The molecular formula is C19H29NO2. The summed E-state index contributed by atoms with van der Waals surface area (Å²) in [5, 5.41) is 12.8. The van der Waals surface area contributed by atoms with Gasteiger partial charge < -0.3 is 10.4 Å². The quantitative estimate of drug-likeness (QED) is 0.755. The summed E-state index contributed by atoms with van der Waals surface area (Å²) in [4.78, 5) is 11.3. The van der Waals surface area contributed by atoms with E-state index in [0.717, 1.165) is 32.4 Å². The monoisotopic (exact) mass is 303 g/mol. The van der Waals surface area contributed by atoms with E-state index in [0.29, 0.717) is 18.3 Å². The van der Waals surface area contributed by atoms with Gasteiger partial charge in [0.15, 0.2) is 0 Å². The Hall–Kier alpha value is -1.35. The van der Waals surface area contributed by atoms with Crippen LogP contribution in [0.15, 0.2) is 30.3 Å². The molecule has 1 aliphatic carbocycles. The Morgan fingerprint density at radius 3 is 2.45 bits per heavy atom. The molecule has 1 aliphatic rings. The third-order valence-electron chi connectivity index (χ3n) is 4.83. The van der Waals surface area contributed by atoms with Crippen molar-refractivity contribution >= 4 is 5.97 Å². The van der Waals surface area contributed by atoms with Crippen LogP contribution in [-0.2, 0) is 11.2 Å². The van der Waals surface area contributed by atoms with Gasteiger partial charge in [0.1, 0.15) is 0 Å². The average molecular weight is 303 g/mol.